The molecule has 2 heterocycles. The zero-order valence-electron chi connectivity index (χ0n) is 16.5. The molecular weight excluding hydrogens is 453 g/mol. The highest BCUT2D eigenvalue weighted by atomic mass is 35.5. The van der Waals surface area contributed by atoms with Crippen molar-refractivity contribution in [2.24, 2.45) is 0 Å². The van der Waals surface area contributed by atoms with Crippen LogP contribution >= 0.6 is 23.4 Å². The lowest BCUT2D eigenvalue weighted by atomic mass is 10.2. The standard InChI is InChI=1S/C20H18ClF3N4O2S/c1-4-8-28-17(14-7-9-30-11(14)2)26-27-19(28)31-12(3)18(29)25-13-5-6-16(21)15(10-13)20(22,23)24/h4-7,9-10,12H,1,8H2,2-3H3,(H,25,29). The number of thioether (sulfide) groups is 1. The summed E-state index contributed by atoms with van der Waals surface area (Å²) in [5, 5.41) is 10.2. The Morgan fingerprint density at radius 2 is 2.13 bits per heavy atom. The van der Waals surface area contributed by atoms with Crippen molar-refractivity contribution >= 4 is 35.0 Å². The molecule has 2 aromatic heterocycles. The second kappa shape index (κ2) is 9.19. The normalized spacial score (nSPS) is 12.6. The van der Waals surface area contributed by atoms with Gasteiger partial charge in [-0.1, -0.05) is 29.4 Å². The molecule has 0 radical (unpaired) electrons. The molecule has 0 bridgehead atoms. The number of anilines is 1. The number of aryl methyl sites for hydroxylation is 1. The SMILES string of the molecule is C=CCn1c(SC(C)C(=O)Nc2ccc(Cl)c(C(F)(F)F)c2)nnc1-c1ccoc1C. The van der Waals surface area contributed by atoms with Crippen molar-refractivity contribution in [3.63, 3.8) is 0 Å². The van der Waals surface area contributed by atoms with E-state index in [0.717, 1.165) is 29.5 Å². The summed E-state index contributed by atoms with van der Waals surface area (Å²) in [7, 11) is 0. The minimum Gasteiger partial charge on any atom is -0.469 e. The number of halogens is 4. The van der Waals surface area contributed by atoms with Crippen LogP contribution in [0.15, 0.2) is 52.8 Å². The van der Waals surface area contributed by atoms with E-state index in [4.69, 9.17) is 16.0 Å². The average molecular weight is 471 g/mol. The Hall–Kier alpha value is -2.72. The van der Waals surface area contributed by atoms with Gasteiger partial charge in [-0.05, 0) is 38.1 Å². The van der Waals surface area contributed by atoms with Gasteiger partial charge >= 0.3 is 6.18 Å². The van der Waals surface area contributed by atoms with Crippen molar-refractivity contribution in [3.8, 4) is 11.4 Å². The molecule has 3 rings (SSSR count). The van der Waals surface area contributed by atoms with E-state index >= 15 is 0 Å². The maximum atomic E-state index is 13.0. The Balaban J connectivity index is 1.78. The smallest absolute Gasteiger partial charge is 0.417 e. The first kappa shape index (κ1) is 23.0. The number of carbonyl (C=O) groups is 1. The zero-order valence-corrected chi connectivity index (χ0v) is 18.1. The van der Waals surface area contributed by atoms with Gasteiger partial charge in [0.25, 0.3) is 0 Å². The van der Waals surface area contributed by atoms with Crippen LogP contribution in [0, 0.1) is 6.92 Å². The van der Waals surface area contributed by atoms with Gasteiger partial charge in [-0.3, -0.25) is 9.36 Å². The Morgan fingerprint density at radius 3 is 2.74 bits per heavy atom. The number of benzene rings is 1. The highest BCUT2D eigenvalue weighted by Gasteiger charge is 2.33. The Bertz CT molecular complexity index is 1110. The summed E-state index contributed by atoms with van der Waals surface area (Å²) in [6.07, 6.45) is -1.41. The van der Waals surface area contributed by atoms with Crippen molar-refractivity contribution < 1.29 is 22.4 Å². The van der Waals surface area contributed by atoms with Crippen molar-refractivity contribution in [3.05, 3.63) is 59.5 Å². The third kappa shape index (κ3) is 5.13. The van der Waals surface area contributed by atoms with Gasteiger partial charge < -0.3 is 9.73 Å². The first-order chi connectivity index (χ1) is 14.6. The van der Waals surface area contributed by atoms with Crippen molar-refractivity contribution in [2.45, 2.75) is 37.0 Å². The van der Waals surface area contributed by atoms with Crippen molar-refractivity contribution in [2.75, 3.05) is 5.32 Å². The maximum Gasteiger partial charge on any atom is 0.417 e. The molecule has 0 saturated carbocycles. The van der Waals surface area contributed by atoms with Gasteiger partial charge in [0.05, 0.1) is 27.7 Å². The Morgan fingerprint density at radius 1 is 1.39 bits per heavy atom. The summed E-state index contributed by atoms with van der Waals surface area (Å²) in [5.41, 5.74) is -0.256. The number of aromatic nitrogens is 3. The number of alkyl halides is 3. The molecule has 0 fully saturated rings. The summed E-state index contributed by atoms with van der Waals surface area (Å²) >= 11 is 6.75. The summed E-state index contributed by atoms with van der Waals surface area (Å²) < 4.78 is 46.2. The number of rotatable bonds is 7. The quantitative estimate of drug-likeness (QED) is 0.347. The number of hydrogen-bond donors (Lipinski definition) is 1. The van der Waals surface area contributed by atoms with Crippen molar-refractivity contribution in [1.29, 1.82) is 0 Å². The lowest BCUT2D eigenvalue weighted by Gasteiger charge is -2.15. The first-order valence-electron chi connectivity index (χ1n) is 9.04. The molecule has 3 aromatic rings. The second-order valence-corrected chi connectivity index (χ2v) is 8.25. The summed E-state index contributed by atoms with van der Waals surface area (Å²) in [5.74, 6) is 0.742. The minimum atomic E-state index is -4.62. The van der Waals surface area contributed by atoms with Crippen molar-refractivity contribution in [1.82, 2.24) is 14.8 Å². The van der Waals surface area contributed by atoms with Crippen LogP contribution in [0.5, 0.6) is 0 Å². The van der Waals surface area contributed by atoms with Gasteiger partial charge in [-0.15, -0.1) is 16.8 Å². The predicted molar refractivity (Wildman–Crippen MR) is 113 cm³/mol. The maximum absolute atomic E-state index is 13.0. The molecular formula is C20H18ClF3N4O2S. The van der Waals surface area contributed by atoms with E-state index in [9.17, 15) is 18.0 Å². The molecule has 0 spiro atoms. The van der Waals surface area contributed by atoms with Crippen LogP contribution < -0.4 is 5.32 Å². The fourth-order valence-corrected chi connectivity index (χ4v) is 3.84. The van der Waals surface area contributed by atoms with E-state index in [1.165, 1.54) is 6.07 Å². The molecule has 0 saturated heterocycles. The van der Waals surface area contributed by atoms with E-state index in [-0.39, 0.29) is 5.69 Å². The summed E-state index contributed by atoms with van der Waals surface area (Å²) in [6.45, 7) is 7.55. The number of amides is 1. The van der Waals surface area contributed by atoms with Gasteiger partial charge in [0.15, 0.2) is 11.0 Å². The molecule has 11 heteroatoms. The van der Waals surface area contributed by atoms with E-state index in [0.29, 0.717) is 23.3 Å². The fourth-order valence-electron chi connectivity index (χ4n) is 2.76. The van der Waals surface area contributed by atoms with Gasteiger partial charge in [0, 0.05) is 12.2 Å². The topological polar surface area (TPSA) is 73.0 Å². The summed E-state index contributed by atoms with van der Waals surface area (Å²) in [6, 6.07) is 4.98. The summed E-state index contributed by atoms with van der Waals surface area (Å²) in [4.78, 5) is 12.6. The molecule has 1 atom stereocenters. The van der Waals surface area contributed by atoms with Crippen LogP contribution in [-0.2, 0) is 17.5 Å². The third-order valence-electron chi connectivity index (χ3n) is 4.32. The molecule has 31 heavy (non-hydrogen) atoms. The van der Waals surface area contributed by atoms with Crippen LogP contribution in [0.3, 0.4) is 0 Å². The third-order valence-corrected chi connectivity index (χ3v) is 5.73. The second-order valence-electron chi connectivity index (χ2n) is 6.54. The Labute approximate surface area is 185 Å². The largest absolute Gasteiger partial charge is 0.469 e. The number of allylic oxidation sites excluding steroid dienone is 1. The van der Waals surface area contributed by atoms with Gasteiger partial charge in [-0.25, -0.2) is 0 Å². The lowest BCUT2D eigenvalue weighted by Crippen LogP contribution is -2.23. The lowest BCUT2D eigenvalue weighted by molar-refractivity contribution is -0.137. The van der Waals surface area contributed by atoms with E-state index in [2.05, 4.69) is 22.1 Å². The van der Waals surface area contributed by atoms with E-state index in [1.54, 1.807) is 36.8 Å². The first-order valence-corrected chi connectivity index (χ1v) is 10.3. The average Bonchev–Trinajstić information content (AvgIpc) is 3.28. The predicted octanol–water partition coefficient (Wildman–Crippen LogP) is 5.82. The molecule has 1 N–H and O–H groups in total. The molecule has 0 aliphatic heterocycles. The molecule has 6 nitrogen and oxygen atoms in total. The number of nitrogens with zero attached hydrogens (tertiary/aromatic N) is 3. The highest BCUT2D eigenvalue weighted by Crippen LogP contribution is 2.36. The monoisotopic (exact) mass is 470 g/mol. The zero-order chi connectivity index (χ0) is 22.8. The van der Waals surface area contributed by atoms with E-state index in [1.807, 2.05) is 0 Å². The van der Waals surface area contributed by atoms with Crippen LogP contribution in [-0.4, -0.2) is 25.9 Å². The van der Waals surface area contributed by atoms with Crippen LogP contribution in [0.4, 0.5) is 18.9 Å². The van der Waals surface area contributed by atoms with Gasteiger partial charge in [-0.2, -0.15) is 13.2 Å². The minimum absolute atomic E-state index is 0.00329. The van der Waals surface area contributed by atoms with E-state index < -0.39 is 27.9 Å². The molecule has 1 aromatic carbocycles. The number of carbonyl (C=O) groups excluding carboxylic acids is 1. The Kier molecular flexibility index (Phi) is 6.80. The number of hydrogen-bond acceptors (Lipinski definition) is 5. The number of furan rings is 1. The van der Waals surface area contributed by atoms with Crippen LogP contribution in [0.2, 0.25) is 5.02 Å². The van der Waals surface area contributed by atoms with Gasteiger partial charge in [0.1, 0.15) is 5.76 Å². The molecule has 1 unspecified atom stereocenters. The van der Waals surface area contributed by atoms with Gasteiger partial charge in [0.2, 0.25) is 5.91 Å². The van der Waals surface area contributed by atoms with Crippen LogP contribution in [0.1, 0.15) is 18.2 Å². The molecule has 0 aliphatic carbocycles. The number of nitrogens with one attached hydrogen (secondary N) is 1. The molecule has 164 valence electrons. The highest BCUT2D eigenvalue weighted by molar-refractivity contribution is 8.00. The molecule has 0 aliphatic rings. The molecule has 1 amide bonds. The van der Waals surface area contributed by atoms with Crippen LogP contribution in [0.25, 0.3) is 11.4 Å². The fraction of sp³-hybridized carbons (Fsp3) is 0.250.